The first-order valence-electron chi connectivity index (χ1n) is 4.68. The summed E-state index contributed by atoms with van der Waals surface area (Å²) >= 11 is 0. The van der Waals surface area contributed by atoms with E-state index in [2.05, 4.69) is 4.74 Å². The molecule has 15 heavy (non-hydrogen) atoms. The number of hydrogen-bond acceptors (Lipinski definition) is 3. The van der Waals surface area contributed by atoms with E-state index < -0.39 is 30.0 Å². The van der Waals surface area contributed by atoms with Crippen molar-refractivity contribution in [3.05, 3.63) is 23.5 Å². The smallest absolute Gasteiger partial charge is 0.344 e. The third-order valence-corrected chi connectivity index (χ3v) is 1.79. The standard InChI is InChI=1S/C10H12F2O3/c1-2-14-9(13)6-15-10-7(11)4-3-5-8(10)12/h4H,2-3,5-6H2,1H3. The Bertz CT molecular complexity index is 308. The Morgan fingerprint density at radius 1 is 1.53 bits per heavy atom. The lowest BCUT2D eigenvalue weighted by molar-refractivity contribution is -0.147. The molecule has 0 aromatic heterocycles. The average molecular weight is 218 g/mol. The Balaban J connectivity index is 2.50. The van der Waals surface area contributed by atoms with Crippen molar-refractivity contribution in [2.75, 3.05) is 13.2 Å². The van der Waals surface area contributed by atoms with Gasteiger partial charge in [0, 0.05) is 6.42 Å². The summed E-state index contributed by atoms with van der Waals surface area (Å²) in [6.07, 6.45) is 1.64. The van der Waals surface area contributed by atoms with Gasteiger partial charge in [0.05, 0.1) is 6.61 Å². The zero-order valence-electron chi connectivity index (χ0n) is 8.39. The maximum absolute atomic E-state index is 13.1. The van der Waals surface area contributed by atoms with Gasteiger partial charge in [-0.1, -0.05) is 0 Å². The fourth-order valence-electron chi connectivity index (χ4n) is 1.14. The second-order valence-corrected chi connectivity index (χ2v) is 2.92. The minimum absolute atomic E-state index is 0.103. The van der Waals surface area contributed by atoms with Crippen molar-refractivity contribution in [1.29, 1.82) is 0 Å². The van der Waals surface area contributed by atoms with E-state index in [1.54, 1.807) is 6.92 Å². The first kappa shape index (κ1) is 11.7. The van der Waals surface area contributed by atoms with Crippen LogP contribution in [0.5, 0.6) is 0 Å². The predicted octanol–water partition coefficient (Wildman–Crippen LogP) is 2.39. The van der Waals surface area contributed by atoms with Gasteiger partial charge in [-0.25, -0.2) is 13.6 Å². The van der Waals surface area contributed by atoms with Crippen molar-refractivity contribution in [3.8, 4) is 0 Å². The maximum Gasteiger partial charge on any atom is 0.344 e. The van der Waals surface area contributed by atoms with Gasteiger partial charge in [0.1, 0.15) is 5.83 Å². The molecular formula is C10H12F2O3. The van der Waals surface area contributed by atoms with Gasteiger partial charge in [0.25, 0.3) is 0 Å². The fourth-order valence-corrected chi connectivity index (χ4v) is 1.14. The van der Waals surface area contributed by atoms with Crippen molar-refractivity contribution < 1.29 is 23.0 Å². The van der Waals surface area contributed by atoms with E-state index in [0.717, 1.165) is 0 Å². The van der Waals surface area contributed by atoms with E-state index in [1.165, 1.54) is 6.08 Å². The number of allylic oxidation sites excluding steroid dienone is 3. The van der Waals surface area contributed by atoms with Gasteiger partial charge in [0.15, 0.2) is 18.2 Å². The first-order chi connectivity index (χ1) is 7.15. The highest BCUT2D eigenvalue weighted by Crippen LogP contribution is 2.27. The van der Waals surface area contributed by atoms with E-state index >= 15 is 0 Å². The van der Waals surface area contributed by atoms with Crippen LogP contribution in [-0.4, -0.2) is 19.2 Å². The molecule has 0 saturated heterocycles. The molecule has 0 N–H and O–H groups in total. The molecule has 0 aromatic rings. The lowest BCUT2D eigenvalue weighted by Gasteiger charge is -2.12. The Kier molecular flexibility index (Phi) is 4.27. The van der Waals surface area contributed by atoms with Crippen LogP contribution in [0.3, 0.4) is 0 Å². The average Bonchev–Trinajstić information content (AvgIpc) is 2.17. The van der Waals surface area contributed by atoms with E-state index in [0.29, 0.717) is 6.42 Å². The van der Waals surface area contributed by atoms with E-state index in [9.17, 15) is 13.6 Å². The van der Waals surface area contributed by atoms with Crippen LogP contribution in [-0.2, 0) is 14.3 Å². The molecule has 1 rings (SSSR count). The van der Waals surface area contributed by atoms with E-state index in [1.807, 2.05) is 0 Å². The summed E-state index contributed by atoms with van der Waals surface area (Å²) in [4.78, 5) is 10.9. The molecule has 0 radical (unpaired) electrons. The molecule has 0 saturated carbocycles. The largest absolute Gasteiger partial charge is 0.476 e. The van der Waals surface area contributed by atoms with Crippen LogP contribution in [0.2, 0.25) is 0 Å². The molecular weight excluding hydrogens is 206 g/mol. The summed E-state index contributed by atoms with van der Waals surface area (Å²) in [7, 11) is 0. The quantitative estimate of drug-likeness (QED) is 0.679. The highest BCUT2D eigenvalue weighted by molar-refractivity contribution is 5.70. The Labute approximate surface area is 86.4 Å². The Morgan fingerprint density at radius 2 is 2.27 bits per heavy atom. The number of carbonyl (C=O) groups excluding carboxylic acids is 1. The molecule has 0 fully saturated rings. The SMILES string of the molecule is CCOC(=O)COC1=C(F)CCC=C1F. The summed E-state index contributed by atoms with van der Waals surface area (Å²) < 4.78 is 35.3. The molecule has 0 spiro atoms. The summed E-state index contributed by atoms with van der Waals surface area (Å²) in [5.41, 5.74) is 0. The van der Waals surface area contributed by atoms with Crippen LogP contribution < -0.4 is 0 Å². The zero-order valence-corrected chi connectivity index (χ0v) is 8.39. The van der Waals surface area contributed by atoms with E-state index in [4.69, 9.17) is 4.74 Å². The Morgan fingerprint density at radius 3 is 2.87 bits per heavy atom. The minimum atomic E-state index is -0.761. The molecule has 0 bridgehead atoms. The Hall–Kier alpha value is -1.39. The lowest BCUT2D eigenvalue weighted by Crippen LogP contribution is -2.13. The first-order valence-corrected chi connectivity index (χ1v) is 4.68. The summed E-state index contributed by atoms with van der Waals surface area (Å²) in [5.74, 6) is -2.55. The van der Waals surface area contributed by atoms with E-state index in [-0.39, 0.29) is 13.0 Å². The monoisotopic (exact) mass is 218 g/mol. The lowest BCUT2D eigenvalue weighted by atomic mass is 10.1. The normalized spacial score (nSPS) is 16.1. The molecule has 0 aliphatic heterocycles. The van der Waals surface area contributed by atoms with Gasteiger partial charge in [-0.15, -0.1) is 0 Å². The number of rotatable bonds is 4. The van der Waals surface area contributed by atoms with Gasteiger partial charge in [-0.2, -0.15) is 0 Å². The predicted molar refractivity (Wildman–Crippen MR) is 49.1 cm³/mol. The molecule has 1 aliphatic carbocycles. The number of carbonyl (C=O) groups is 1. The third kappa shape index (κ3) is 3.34. The van der Waals surface area contributed by atoms with Crippen LogP contribution in [0.15, 0.2) is 23.5 Å². The van der Waals surface area contributed by atoms with Crippen molar-refractivity contribution >= 4 is 5.97 Å². The second-order valence-electron chi connectivity index (χ2n) is 2.92. The molecule has 0 amide bonds. The van der Waals surface area contributed by atoms with Gasteiger partial charge in [0.2, 0.25) is 0 Å². The highest BCUT2D eigenvalue weighted by atomic mass is 19.1. The van der Waals surface area contributed by atoms with Crippen LogP contribution in [0.25, 0.3) is 0 Å². The van der Waals surface area contributed by atoms with Crippen LogP contribution in [0.1, 0.15) is 19.8 Å². The van der Waals surface area contributed by atoms with Gasteiger partial charge < -0.3 is 9.47 Å². The van der Waals surface area contributed by atoms with Crippen molar-refractivity contribution in [3.63, 3.8) is 0 Å². The van der Waals surface area contributed by atoms with Crippen molar-refractivity contribution in [2.45, 2.75) is 19.8 Å². The zero-order chi connectivity index (χ0) is 11.3. The number of hydrogen-bond donors (Lipinski definition) is 0. The molecule has 0 atom stereocenters. The number of ether oxygens (including phenoxy) is 2. The highest BCUT2D eigenvalue weighted by Gasteiger charge is 2.19. The topological polar surface area (TPSA) is 35.5 Å². The van der Waals surface area contributed by atoms with Gasteiger partial charge in [-0.3, -0.25) is 0 Å². The van der Waals surface area contributed by atoms with Gasteiger partial charge >= 0.3 is 5.97 Å². The summed E-state index contributed by atoms with van der Waals surface area (Å²) in [6.45, 7) is 1.37. The van der Waals surface area contributed by atoms with Crippen molar-refractivity contribution in [1.82, 2.24) is 0 Å². The number of halogens is 2. The molecule has 0 aromatic carbocycles. The van der Waals surface area contributed by atoms with Crippen LogP contribution in [0, 0.1) is 0 Å². The maximum atomic E-state index is 13.1. The summed E-state index contributed by atoms with van der Waals surface area (Å²) in [6, 6.07) is 0. The molecule has 3 nitrogen and oxygen atoms in total. The molecule has 5 heteroatoms. The molecule has 0 heterocycles. The fraction of sp³-hybridized carbons (Fsp3) is 0.500. The summed E-state index contributed by atoms with van der Waals surface area (Å²) in [5, 5.41) is 0. The number of esters is 1. The molecule has 0 unspecified atom stereocenters. The molecule has 1 aliphatic rings. The third-order valence-electron chi connectivity index (χ3n) is 1.79. The van der Waals surface area contributed by atoms with Crippen molar-refractivity contribution in [2.24, 2.45) is 0 Å². The molecule has 84 valence electrons. The minimum Gasteiger partial charge on any atom is -0.476 e. The second kappa shape index (κ2) is 5.48. The van der Waals surface area contributed by atoms with Crippen LogP contribution in [0.4, 0.5) is 8.78 Å². The van der Waals surface area contributed by atoms with Gasteiger partial charge in [-0.05, 0) is 19.4 Å². The van der Waals surface area contributed by atoms with Crippen LogP contribution >= 0.6 is 0 Å².